The summed E-state index contributed by atoms with van der Waals surface area (Å²) >= 11 is 2.82. The lowest BCUT2D eigenvalue weighted by Crippen LogP contribution is -2.37. The van der Waals surface area contributed by atoms with Gasteiger partial charge in [-0.2, -0.15) is 0 Å². The van der Waals surface area contributed by atoms with Gasteiger partial charge < -0.3 is 10.2 Å². The second kappa shape index (κ2) is 7.73. The van der Waals surface area contributed by atoms with Gasteiger partial charge in [-0.25, -0.2) is 21.9 Å². The van der Waals surface area contributed by atoms with Gasteiger partial charge in [0.2, 0.25) is 10.0 Å². The summed E-state index contributed by atoms with van der Waals surface area (Å²) < 4.78 is 54.8. The minimum Gasteiger partial charge on any atom is -0.508 e. The van der Waals surface area contributed by atoms with Gasteiger partial charge >= 0.3 is 0 Å². The van der Waals surface area contributed by atoms with E-state index in [4.69, 9.17) is 0 Å². The van der Waals surface area contributed by atoms with Gasteiger partial charge in [-0.15, -0.1) is 0 Å². The number of benzene rings is 2. The quantitative estimate of drug-likeness (QED) is 0.597. The van der Waals surface area contributed by atoms with E-state index in [2.05, 4.69) is 20.7 Å². The molecule has 0 aliphatic heterocycles. The number of phenolic OH excluding ortho intramolecular Hbond substituents is 2. The number of phenols is 2. The molecule has 0 bridgehead atoms. The Morgan fingerprint density at radius 1 is 1.00 bits per heavy atom. The first-order valence-corrected chi connectivity index (χ1v) is 10.6. The average Bonchev–Trinajstić information content (AvgIpc) is 2.58. The summed E-state index contributed by atoms with van der Waals surface area (Å²) in [4.78, 5) is -0.721. The van der Waals surface area contributed by atoms with E-state index in [0.717, 1.165) is 6.07 Å². The lowest BCUT2D eigenvalue weighted by Gasteiger charge is -2.29. The fourth-order valence-corrected chi connectivity index (χ4v) is 5.08. The summed E-state index contributed by atoms with van der Waals surface area (Å²) in [5.74, 6) is -1.87. The molecule has 2 aromatic carbocycles. The van der Waals surface area contributed by atoms with E-state index in [1.54, 1.807) is 6.07 Å². The standard InChI is InChI=1S/C18H18BrF2NO4S/c19-14-8-16(21)18(9-15(14)20)27(25,26)22-11-3-1-10(2-4-11)13-6-5-12(23)7-17(13)24/h5-11,22-24H,1-4H2/t10-,11+. The largest absolute Gasteiger partial charge is 0.508 e. The van der Waals surface area contributed by atoms with Gasteiger partial charge in [-0.05, 0) is 71.3 Å². The normalized spacial score (nSPS) is 20.6. The smallest absolute Gasteiger partial charge is 0.243 e. The Bertz CT molecular complexity index is 960. The topological polar surface area (TPSA) is 86.6 Å². The zero-order valence-corrected chi connectivity index (χ0v) is 16.5. The molecule has 0 heterocycles. The van der Waals surface area contributed by atoms with Gasteiger partial charge in [0.15, 0.2) is 0 Å². The Kier molecular flexibility index (Phi) is 5.73. The van der Waals surface area contributed by atoms with Gasteiger partial charge in [0, 0.05) is 12.1 Å². The van der Waals surface area contributed by atoms with Crippen LogP contribution < -0.4 is 4.72 Å². The molecule has 27 heavy (non-hydrogen) atoms. The molecule has 1 aliphatic carbocycles. The zero-order chi connectivity index (χ0) is 19.8. The molecule has 0 radical (unpaired) electrons. The van der Waals surface area contributed by atoms with Crippen LogP contribution in [0.3, 0.4) is 0 Å². The van der Waals surface area contributed by atoms with Crippen LogP contribution in [0, 0.1) is 11.6 Å². The Morgan fingerprint density at radius 3 is 2.30 bits per heavy atom. The van der Waals surface area contributed by atoms with E-state index in [-0.39, 0.29) is 21.9 Å². The number of halogens is 3. The van der Waals surface area contributed by atoms with Crippen LogP contribution in [0.15, 0.2) is 39.7 Å². The molecule has 1 saturated carbocycles. The maximum Gasteiger partial charge on any atom is 0.243 e. The van der Waals surface area contributed by atoms with E-state index in [9.17, 15) is 27.4 Å². The maximum atomic E-state index is 14.0. The Balaban J connectivity index is 1.69. The second-order valence-electron chi connectivity index (χ2n) is 6.61. The van der Waals surface area contributed by atoms with Gasteiger partial charge in [0.1, 0.15) is 28.0 Å². The third-order valence-electron chi connectivity index (χ3n) is 4.77. The van der Waals surface area contributed by atoms with Gasteiger partial charge in [-0.3, -0.25) is 0 Å². The molecule has 1 fully saturated rings. The highest BCUT2D eigenvalue weighted by atomic mass is 79.9. The second-order valence-corrected chi connectivity index (χ2v) is 9.15. The summed E-state index contributed by atoms with van der Waals surface area (Å²) in [6.07, 6.45) is 2.21. The average molecular weight is 462 g/mol. The van der Waals surface area contributed by atoms with Crippen molar-refractivity contribution in [1.29, 1.82) is 0 Å². The van der Waals surface area contributed by atoms with Crippen LogP contribution >= 0.6 is 15.9 Å². The third kappa shape index (κ3) is 4.41. The highest BCUT2D eigenvalue weighted by molar-refractivity contribution is 9.10. The number of hydrogen-bond donors (Lipinski definition) is 3. The van der Waals surface area contributed by atoms with E-state index in [0.29, 0.717) is 37.3 Å². The summed E-state index contributed by atoms with van der Waals surface area (Å²) in [5, 5.41) is 19.3. The lowest BCUT2D eigenvalue weighted by atomic mass is 9.81. The molecule has 3 rings (SSSR count). The molecular formula is C18H18BrF2NO4S. The van der Waals surface area contributed by atoms with E-state index in [1.165, 1.54) is 12.1 Å². The van der Waals surface area contributed by atoms with E-state index < -0.39 is 32.6 Å². The summed E-state index contributed by atoms with van der Waals surface area (Å²) in [6.45, 7) is 0. The van der Waals surface area contributed by atoms with E-state index >= 15 is 0 Å². The van der Waals surface area contributed by atoms with Crippen molar-refractivity contribution in [1.82, 2.24) is 4.72 Å². The number of aromatic hydroxyl groups is 2. The zero-order valence-electron chi connectivity index (χ0n) is 14.1. The van der Waals surface area contributed by atoms with Crippen LogP contribution in [0.2, 0.25) is 0 Å². The molecule has 1 aliphatic rings. The van der Waals surface area contributed by atoms with Crippen LogP contribution in [-0.2, 0) is 10.0 Å². The molecule has 2 aromatic rings. The molecule has 0 spiro atoms. The molecule has 9 heteroatoms. The Morgan fingerprint density at radius 2 is 1.67 bits per heavy atom. The molecule has 146 valence electrons. The van der Waals surface area contributed by atoms with Crippen LogP contribution in [0.25, 0.3) is 0 Å². The first kappa shape index (κ1) is 20.0. The predicted octanol–water partition coefficient (Wildman–Crippen LogP) is 4.14. The Hall–Kier alpha value is -1.71. The first-order chi connectivity index (χ1) is 12.7. The fourth-order valence-electron chi connectivity index (χ4n) is 3.39. The molecular weight excluding hydrogens is 444 g/mol. The van der Waals surface area contributed by atoms with Gasteiger partial charge in [0.25, 0.3) is 0 Å². The van der Waals surface area contributed by atoms with Crippen molar-refractivity contribution in [3.63, 3.8) is 0 Å². The molecule has 0 unspecified atom stereocenters. The predicted molar refractivity (Wildman–Crippen MR) is 99.1 cm³/mol. The minimum atomic E-state index is -4.19. The van der Waals surface area contributed by atoms with Crippen LogP contribution in [0.1, 0.15) is 37.2 Å². The van der Waals surface area contributed by atoms with Crippen LogP contribution in [0.5, 0.6) is 11.5 Å². The van der Waals surface area contributed by atoms with Crippen LogP contribution in [0.4, 0.5) is 8.78 Å². The third-order valence-corrected chi connectivity index (χ3v) is 6.91. The van der Waals surface area contributed by atoms with Crippen molar-refractivity contribution in [2.45, 2.75) is 42.5 Å². The molecule has 0 atom stereocenters. The number of nitrogens with one attached hydrogen (secondary N) is 1. The lowest BCUT2D eigenvalue weighted by molar-refractivity contribution is 0.362. The molecule has 5 nitrogen and oxygen atoms in total. The van der Waals surface area contributed by atoms with Gasteiger partial charge in [0.05, 0.1) is 4.47 Å². The first-order valence-electron chi connectivity index (χ1n) is 8.36. The maximum absolute atomic E-state index is 14.0. The van der Waals surface area contributed by atoms with Crippen molar-refractivity contribution >= 4 is 26.0 Å². The monoisotopic (exact) mass is 461 g/mol. The highest BCUT2D eigenvalue weighted by Gasteiger charge is 2.29. The SMILES string of the molecule is O=S(=O)(N[C@H]1CC[C@@H](c2ccc(O)cc2O)CC1)c1cc(F)c(Br)cc1F. The Labute approximate surface area is 164 Å². The molecule has 0 saturated heterocycles. The number of sulfonamides is 1. The summed E-state index contributed by atoms with van der Waals surface area (Å²) in [6, 6.07) is 5.45. The van der Waals surface area contributed by atoms with Gasteiger partial charge in [-0.1, -0.05) is 6.07 Å². The summed E-state index contributed by atoms with van der Waals surface area (Å²) in [7, 11) is -4.19. The molecule has 0 aromatic heterocycles. The van der Waals surface area contributed by atoms with Crippen molar-refractivity contribution in [2.75, 3.05) is 0 Å². The minimum absolute atomic E-state index is 0.00596. The van der Waals surface area contributed by atoms with Crippen molar-refractivity contribution in [2.24, 2.45) is 0 Å². The van der Waals surface area contributed by atoms with E-state index in [1.807, 2.05) is 0 Å². The molecule has 3 N–H and O–H groups in total. The van der Waals surface area contributed by atoms with Crippen molar-refractivity contribution < 1.29 is 27.4 Å². The van der Waals surface area contributed by atoms with Crippen LogP contribution in [-0.4, -0.2) is 24.7 Å². The van der Waals surface area contributed by atoms with Crippen molar-refractivity contribution in [3.8, 4) is 11.5 Å². The fraction of sp³-hybridized carbons (Fsp3) is 0.333. The number of hydrogen-bond acceptors (Lipinski definition) is 4. The summed E-state index contributed by atoms with van der Waals surface area (Å²) in [5.41, 5.74) is 0.704. The number of rotatable bonds is 4. The highest BCUT2D eigenvalue weighted by Crippen LogP contribution is 2.38. The molecule has 0 amide bonds. The van der Waals surface area contributed by atoms with Crippen molar-refractivity contribution in [3.05, 3.63) is 52.0 Å².